The van der Waals surface area contributed by atoms with Crippen LogP contribution >= 0.6 is 0 Å². The van der Waals surface area contributed by atoms with Gasteiger partial charge < -0.3 is 24.3 Å². The quantitative estimate of drug-likeness (QED) is 0.745. The highest BCUT2D eigenvalue weighted by atomic mass is 16.5. The standard InChI is InChI=1S/C24H40N4O3/c1-17(2)23(24(30)28-10-4-5-18(28)3)21-15-22(25-31-21)27-13-6-19(7-14-27)16-26-11-8-20(29)9-12-26/h15,17-20,23,29H,4-14,16H2,1-3H3. The van der Waals surface area contributed by atoms with E-state index in [1.807, 2.05) is 11.0 Å². The Balaban J connectivity index is 1.33. The zero-order chi connectivity index (χ0) is 22.0. The molecule has 0 aromatic carbocycles. The third-order valence-corrected chi connectivity index (χ3v) is 7.60. The molecule has 4 rings (SSSR count). The molecule has 0 bridgehead atoms. The van der Waals surface area contributed by atoms with E-state index in [1.165, 1.54) is 0 Å². The predicted octanol–water partition coefficient (Wildman–Crippen LogP) is 3.10. The van der Waals surface area contributed by atoms with Crippen LogP contribution in [0.5, 0.6) is 0 Å². The second-order valence-electron chi connectivity index (χ2n) is 10.3. The van der Waals surface area contributed by atoms with Crippen molar-refractivity contribution in [2.45, 2.75) is 77.4 Å². The van der Waals surface area contributed by atoms with Gasteiger partial charge in [0.15, 0.2) is 11.6 Å². The molecular formula is C24H40N4O3. The van der Waals surface area contributed by atoms with Crippen LogP contribution < -0.4 is 4.90 Å². The summed E-state index contributed by atoms with van der Waals surface area (Å²) >= 11 is 0. The SMILES string of the molecule is CC(C)C(C(=O)N1CCCC1C)c1cc(N2CCC(CN3CCC(O)CC3)CC2)no1. The van der Waals surface area contributed by atoms with Gasteiger partial charge in [0.2, 0.25) is 5.91 Å². The van der Waals surface area contributed by atoms with Gasteiger partial charge in [-0.25, -0.2) is 0 Å². The number of carbonyl (C=O) groups is 1. The minimum atomic E-state index is -0.256. The van der Waals surface area contributed by atoms with Crippen molar-refractivity contribution in [2.75, 3.05) is 44.2 Å². The maximum absolute atomic E-state index is 13.2. The fourth-order valence-corrected chi connectivity index (χ4v) is 5.56. The van der Waals surface area contributed by atoms with E-state index < -0.39 is 0 Å². The van der Waals surface area contributed by atoms with E-state index in [0.29, 0.717) is 17.7 Å². The number of rotatable bonds is 6. The number of amides is 1. The first-order chi connectivity index (χ1) is 14.9. The molecule has 0 spiro atoms. The van der Waals surface area contributed by atoms with Gasteiger partial charge in [0.05, 0.1) is 6.10 Å². The molecule has 3 fully saturated rings. The van der Waals surface area contributed by atoms with Crippen molar-refractivity contribution >= 4 is 11.7 Å². The van der Waals surface area contributed by atoms with Gasteiger partial charge in [-0.3, -0.25) is 4.79 Å². The average Bonchev–Trinajstić information content (AvgIpc) is 3.39. The molecule has 2 unspecified atom stereocenters. The summed E-state index contributed by atoms with van der Waals surface area (Å²) in [5, 5.41) is 14.1. The number of likely N-dealkylation sites (tertiary alicyclic amines) is 2. The Labute approximate surface area is 186 Å². The molecule has 1 aromatic rings. The van der Waals surface area contributed by atoms with Gasteiger partial charge in [-0.05, 0) is 57.3 Å². The lowest BCUT2D eigenvalue weighted by Crippen LogP contribution is -2.42. The Hall–Kier alpha value is -1.60. The lowest BCUT2D eigenvalue weighted by atomic mass is 9.91. The Bertz CT molecular complexity index is 720. The highest BCUT2D eigenvalue weighted by Gasteiger charge is 2.36. The van der Waals surface area contributed by atoms with Gasteiger partial charge >= 0.3 is 0 Å². The van der Waals surface area contributed by atoms with Crippen molar-refractivity contribution in [3.8, 4) is 0 Å². The number of carbonyl (C=O) groups excluding carboxylic acids is 1. The van der Waals surface area contributed by atoms with Crippen LogP contribution in [0.4, 0.5) is 5.82 Å². The number of aromatic nitrogens is 1. The summed E-state index contributed by atoms with van der Waals surface area (Å²) in [5.41, 5.74) is 0. The second kappa shape index (κ2) is 9.90. The van der Waals surface area contributed by atoms with E-state index >= 15 is 0 Å². The minimum Gasteiger partial charge on any atom is -0.393 e. The van der Waals surface area contributed by atoms with Gasteiger partial charge in [-0.2, -0.15) is 0 Å². The Morgan fingerprint density at radius 1 is 1.13 bits per heavy atom. The van der Waals surface area contributed by atoms with Crippen molar-refractivity contribution in [1.82, 2.24) is 15.0 Å². The van der Waals surface area contributed by atoms with Crippen molar-refractivity contribution in [3.63, 3.8) is 0 Å². The third-order valence-electron chi connectivity index (χ3n) is 7.60. The zero-order valence-electron chi connectivity index (χ0n) is 19.5. The number of hydrogen-bond acceptors (Lipinski definition) is 6. The summed E-state index contributed by atoms with van der Waals surface area (Å²) in [6.07, 6.45) is 6.20. The number of hydrogen-bond donors (Lipinski definition) is 1. The van der Waals surface area contributed by atoms with Gasteiger partial charge in [0.25, 0.3) is 0 Å². The molecule has 4 heterocycles. The molecule has 3 aliphatic rings. The molecule has 0 aliphatic carbocycles. The van der Waals surface area contributed by atoms with Crippen LogP contribution in [0.15, 0.2) is 10.6 Å². The summed E-state index contributed by atoms with van der Waals surface area (Å²) in [4.78, 5) is 20.1. The molecule has 1 aromatic heterocycles. The largest absolute Gasteiger partial charge is 0.393 e. The third kappa shape index (κ3) is 5.25. The fraction of sp³-hybridized carbons (Fsp3) is 0.833. The fourth-order valence-electron chi connectivity index (χ4n) is 5.56. The number of anilines is 1. The van der Waals surface area contributed by atoms with E-state index in [9.17, 15) is 9.90 Å². The highest BCUT2D eigenvalue weighted by Crippen LogP contribution is 2.33. The van der Waals surface area contributed by atoms with Crippen molar-refractivity contribution in [1.29, 1.82) is 0 Å². The number of aliphatic hydroxyl groups is 1. The first-order valence-corrected chi connectivity index (χ1v) is 12.3. The predicted molar refractivity (Wildman–Crippen MR) is 121 cm³/mol. The molecule has 3 saturated heterocycles. The first kappa shape index (κ1) is 22.6. The van der Waals surface area contributed by atoms with E-state index in [4.69, 9.17) is 4.52 Å². The Morgan fingerprint density at radius 3 is 2.45 bits per heavy atom. The lowest BCUT2D eigenvalue weighted by molar-refractivity contribution is -0.134. The van der Waals surface area contributed by atoms with Crippen LogP contribution in [-0.4, -0.2) is 77.4 Å². The van der Waals surface area contributed by atoms with Gasteiger partial charge in [0, 0.05) is 51.4 Å². The minimum absolute atomic E-state index is 0.102. The summed E-state index contributed by atoms with van der Waals surface area (Å²) in [5.74, 6) is 2.40. The smallest absolute Gasteiger partial charge is 0.233 e. The van der Waals surface area contributed by atoms with Crippen LogP contribution in [0.25, 0.3) is 0 Å². The second-order valence-corrected chi connectivity index (χ2v) is 10.3. The maximum Gasteiger partial charge on any atom is 0.233 e. The van der Waals surface area contributed by atoms with Crippen molar-refractivity contribution in [2.24, 2.45) is 11.8 Å². The lowest BCUT2D eigenvalue weighted by Gasteiger charge is -2.36. The molecule has 7 heteroatoms. The Morgan fingerprint density at radius 2 is 1.84 bits per heavy atom. The topological polar surface area (TPSA) is 73.1 Å². The van der Waals surface area contributed by atoms with Crippen LogP contribution in [0.1, 0.15) is 71.0 Å². The van der Waals surface area contributed by atoms with Crippen molar-refractivity contribution in [3.05, 3.63) is 11.8 Å². The molecular weight excluding hydrogens is 392 g/mol. The maximum atomic E-state index is 13.2. The summed E-state index contributed by atoms with van der Waals surface area (Å²) in [7, 11) is 0. The molecule has 7 nitrogen and oxygen atoms in total. The number of aliphatic hydroxyl groups excluding tert-OH is 1. The van der Waals surface area contributed by atoms with E-state index in [-0.39, 0.29) is 23.8 Å². The van der Waals surface area contributed by atoms with E-state index in [1.54, 1.807) is 0 Å². The molecule has 31 heavy (non-hydrogen) atoms. The molecule has 0 radical (unpaired) electrons. The van der Waals surface area contributed by atoms with Gasteiger partial charge in [-0.1, -0.05) is 19.0 Å². The molecule has 1 N–H and O–H groups in total. The first-order valence-electron chi connectivity index (χ1n) is 12.3. The van der Waals surface area contributed by atoms with Crippen LogP contribution in [0, 0.1) is 11.8 Å². The zero-order valence-corrected chi connectivity index (χ0v) is 19.5. The van der Waals surface area contributed by atoms with Crippen LogP contribution in [0.2, 0.25) is 0 Å². The average molecular weight is 433 g/mol. The molecule has 174 valence electrons. The summed E-state index contributed by atoms with van der Waals surface area (Å²) in [6, 6.07) is 2.33. The van der Waals surface area contributed by atoms with Crippen molar-refractivity contribution < 1.29 is 14.4 Å². The van der Waals surface area contributed by atoms with Gasteiger partial charge in [0.1, 0.15) is 5.92 Å². The normalized spacial score (nSPS) is 25.5. The highest BCUT2D eigenvalue weighted by molar-refractivity contribution is 5.84. The summed E-state index contributed by atoms with van der Waals surface area (Å²) < 4.78 is 5.74. The monoisotopic (exact) mass is 432 g/mol. The summed E-state index contributed by atoms with van der Waals surface area (Å²) in [6.45, 7) is 12.3. The van der Waals surface area contributed by atoms with Crippen LogP contribution in [0.3, 0.4) is 0 Å². The molecule has 1 amide bonds. The number of piperidine rings is 2. The van der Waals surface area contributed by atoms with Crippen LogP contribution in [-0.2, 0) is 4.79 Å². The number of nitrogens with zero attached hydrogens (tertiary/aromatic N) is 4. The molecule has 0 saturated carbocycles. The van der Waals surface area contributed by atoms with E-state index in [0.717, 1.165) is 83.6 Å². The molecule has 2 atom stereocenters. The van der Waals surface area contributed by atoms with E-state index in [2.05, 4.69) is 35.7 Å². The van der Waals surface area contributed by atoms with Gasteiger partial charge in [-0.15, -0.1) is 0 Å². The Kier molecular flexibility index (Phi) is 7.22. The molecule has 3 aliphatic heterocycles.